The Morgan fingerprint density at radius 1 is 1.39 bits per heavy atom. The van der Waals surface area contributed by atoms with Crippen molar-refractivity contribution in [2.75, 3.05) is 0 Å². The molecule has 1 aromatic carbocycles. The van der Waals surface area contributed by atoms with Crippen molar-refractivity contribution in [3.63, 3.8) is 0 Å². The summed E-state index contributed by atoms with van der Waals surface area (Å²) in [7, 11) is 0. The van der Waals surface area contributed by atoms with Gasteiger partial charge in [-0.2, -0.15) is 0 Å². The zero-order valence-electron chi connectivity index (χ0n) is 9.02. The third kappa shape index (κ3) is 3.25. The summed E-state index contributed by atoms with van der Waals surface area (Å²) in [6, 6.07) is 7.90. The molecule has 0 fully saturated rings. The zero-order chi connectivity index (χ0) is 13.1. The number of hydrogen-bond donors (Lipinski definition) is 1. The summed E-state index contributed by atoms with van der Waals surface area (Å²) in [4.78, 5) is 12.8. The minimum Gasteiger partial charge on any atom is -0.477 e. The van der Waals surface area contributed by atoms with E-state index in [9.17, 15) is 9.18 Å². The Bertz CT molecular complexity index is 583. The smallest absolute Gasteiger partial charge is 0.345 e. The van der Waals surface area contributed by atoms with Gasteiger partial charge in [0.25, 0.3) is 0 Å². The minimum absolute atomic E-state index is 0.0948. The predicted molar refractivity (Wildman–Crippen MR) is 72.2 cm³/mol. The Morgan fingerprint density at radius 2 is 2.17 bits per heavy atom. The first-order valence-corrected chi connectivity index (χ1v) is 7.14. The minimum atomic E-state index is -0.916. The molecule has 0 saturated heterocycles. The van der Waals surface area contributed by atoms with Gasteiger partial charge in [0.2, 0.25) is 0 Å². The van der Waals surface area contributed by atoms with E-state index in [1.165, 1.54) is 29.2 Å². The van der Waals surface area contributed by atoms with Gasteiger partial charge in [0.05, 0.1) is 5.02 Å². The normalized spacial score (nSPS) is 10.6. The van der Waals surface area contributed by atoms with Crippen molar-refractivity contribution in [1.82, 2.24) is 0 Å². The summed E-state index contributed by atoms with van der Waals surface area (Å²) < 4.78 is 12.9. The first-order chi connectivity index (χ1) is 8.56. The summed E-state index contributed by atoms with van der Waals surface area (Å²) in [6.07, 6.45) is 0. The molecule has 0 aliphatic heterocycles. The number of carboxylic acids is 1. The van der Waals surface area contributed by atoms with Crippen LogP contribution in [0.2, 0.25) is 5.02 Å². The highest BCUT2D eigenvalue weighted by Crippen LogP contribution is 2.29. The number of thiophene rings is 1. The van der Waals surface area contributed by atoms with Crippen LogP contribution in [-0.2, 0) is 5.75 Å². The number of carboxylic acid groups (broad SMARTS) is 1. The first kappa shape index (κ1) is 13.4. The Morgan fingerprint density at radius 3 is 2.78 bits per heavy atom. The number of carbonyl (C=O) groups is 1. The Labute approximate surface area is 116 Å². The zero-order valence-corrected chi connectivity index (χ0v) is 11.4. The van der Waals surface area contributed by atoms with E-state index in [0.29, 0.717) is 10.6 Å². The lowest BCUT2D eigenvalue weighted by Crippen LogP contribution is -1.89. The molecule has 0 amide bonds. The third-order valence-corrected chi connectivity index (χ3v) is 4.73. The molecule has 0 aliphatic carbocycles. The molecule has 2 aromatic rings. The summed E-state index contributed by atoms with van der Waals surface area (Å²) in [6.45, 7) is 0. The second kappa shape index (κ2) is 5.73. The Kier molecular flexibility index (Phi) is 4.27. The molecule has 0 bridgehead atoms. The van der Waals surface area contributed by atoms with E-state index in [-0.39, 0.29) is 5.02 Å². The van der Waals surface area contributed by atoms with E-state index >= 15 is 0 Å². The van der Waals surface area contributed by atoms with Crippen molar-refractivity contribution in [2.45, 2.75) is 10.6 Å². The van der Waals surface area contributed by atoms with Gasteiger partial charge in [0.15, 0.2) is 0 Å². The van der Waals surface area contributed by atoms with Gasteiger partial charge in [0.1, 0.15) is 10.7 Å². The van der Waals surface area contributed by atoms with Crippen LogP contribution < -0.4 is 0 Å². The van der Waals surface area contributed by atoms with Gasteiger partial charge < -0.3 is 5.11 Å². The summed E-state index contributed by atoms with van der Waals surface area (Å²) in [5, 5.41) is 8.89. The summed E-state index contributed by atoms with van der Waals surface area (Å²) in [5.41, 5.74) is 0. The van der Waals surface area contributed by atoms with Crippen molar-refractivity contribution in [3.8, 4) is 0 Å². The molecule has 0 aliphatic rings. The molecule has 1 aromatic heterocycles. The fourth-order valence-corrected chi connectivity index (χ4v) is 3.36. The molecule has 1 N–H and O–H groups in total. The Balaban J connectivity index is 2.02. The molecule has 1 heterocycles. The molecular formula is C12H8ClFO2S2. The molecule has 6 heteroatoms. The van der Waals surface area contributed by atoms with Crippen LogP contribution in [0.4, 0.5) is 4.39 Å². The van der Waals surface area contributed by atoms with Crippen molar-refractivity contribution in [1.29, 1.82) is 0 Å². The third-order valence-electron chi connectivity index (χ3n) is 2.14. The lowest BCUT2D eigenvalue weighted by molar-refractivity contribution is 0.0702. The Hall–Kier alpha value is -1.04. The van der Waals surface area contributed by atoms with Gasteiger partial charge in [-0.3, -0.25) is 0 Å². The monoisotopic (exact) mass is 302 g/mol. The van der Waals surface area contributed by atoms with Crippen LogP contribution >= 0.6 is 34.7 Å². The van der Waals surface area contributed by atoms with E-state index in [1.54, 1.807) is 24.3 Å². The predicted octanol–water partition coefficient (Wildman–Crippen LogP) is 4.53. The average Bonchev–Trinajstić information content (AvgIpc) is 2.79. The molecule has 0 unspecified atom stereocenters. The van der Waals surface area contributed by atoms with E-state index in [4.69, 9.17) is 16.7 Å². The lowest BCUT2D eigenvalue weighted by Gasteiger charge is -2.01. The van der Waals surface area contributed by atoms with Crippen LogP contribution in [0, 0.1) is 5.82 Å². The van der Waals surface area contributed by atoms with Gasteiger partial charge in [0, 0.05) is 15.5 Å². The molecular weight excluding hydrogens is 295 g/mol. The van der Waals surface area contributed by atoms with Gasteiger partial charge in [-0.15, -0.1) is 23.1 Å². The van der Waals surface area contributed by atoms with Crippen molar-refractivity contribution < 1.29 is 14.3 Å². The van der Waals surface area contributed by atoms with Gasteiger partial charge in [-0.05, 0) is 30.3 Å². The number of benzene rings is 1. The fourth-order valence-electron chi connectivity index (χ4n) is 1.29. The van der Waals surface area contributed by atoms with Crippen LogP contribution in [0.25, 0.3) is 0 Å². The quantitative estimate of drug-likeness (QED) is 0.843. The SMILES string of the molecule is O=C(O)c1ccc(CSc2ccc(F)c(Cl)c2)s1. The second-order valence-electron chi connectivity index (χ2n) is 3.44. The van der Waals surface area contributed by atoms with Crippen molar-refractivity contribution in [2.24, 2.45) is 0 Å². The number of halogens is 2. The molecule has 94 valence electrons. The molecule has 18 heavy (non-hydrogen) atoms. The maximum absolute atomic E-state index is 12.9. The second-order valence-corrected chi connectivity index (χ2v) is 6.06. The average molecular weight is 303 g/mol. The van der Waals surface area contributed by atoms with Crippen LogP contribution in [0.5, 0.6) is 0 Å². The summed E-state index contributed by atoms with van der Waals surface area (Å²) in [5.74, 6) is -0.716. The van der Waals surface area contributed by atoms with E-state index in [2.05, 4.69) is 0 Å². The van der Waals surface area contributed by atoms with Gasteiger partial charge in [-0.1, -0.05) is 11.6 Å². The van der Waals surface area contributed by atoms with E-state index < -0.39 is 11.8 Å². The highest BCUT2D eigenvalue weighted by molar-refractivity contribution is 7.98. The fraction of sp³-hybridized carbons (Fsp3) is 0.0833. The van der Waals surface area contributed by atoms with Crippen molar-refractivity contribution >= 4 is 40.7 Å². The van der Waals surface area contributed by atoms with Gasteiger partial charge in [-0.25, -0.2) is 9.18 Å². The maximum Gasteiger partial charge on any atom is 0.345 e. The largest absolute Gasteiger partial charge is 0.477 e. The summed E-state index contributed by atoms with van der Waals surface area (Å²) >= 11 is 8.41. The molecule has 2 nitrogen and oxygen atoms in total. The number of rotatable bonds is 4. The number of thioether (sulfide) groups is 1. The maximum atomic E-state index is 12.9. The number of aromatic carboxylic acids is 1. The van der Waals surface area contributed by atoms with E-state index in [1.807, 2.05) is 0 Å². The molecule has 0 spiro atoms. The lowest BCUT2D eigenvalue weighted by atomic mass is 10.3. The van der Waals surface area contributed by atoms with Crippen LogP contribution in [-0.4, -0.2) is 11.1 Å². The van der Waals surface area contributed by atoms with Gasteiger partial charge >= 0.3 is 5.97 Å². The number of hydrogen-bond acceptors (Lipinski definition) is 3. The molecule has 2 rings (SSSR count). The topological polar surface area (TPSA) is 37.3 Å². The highest BCUT2D eigenvalue weighted by Gasteiger charge is 2.07. The van der Waals surface area contributed by atoms with Crippen LogP contribution in [0.15, 0.2) is 35.2 Å². The molecule has 0 atom stereocenters. The van der Waals surface area contributed by atoms with Crippen LogP contribution in [0.3, 0.4) is 0 Å². The van der Waals surface area contributed by atoms with E-state index in [0.717, 1.165) is 9.77 Å². The van der Waals surface area contributed by atoms with Crippen molar-refractivity contribution in [3.05, 3.63) is 50.9 Å². The first-order valence-electron chi connectivity index (χ1n) is 4.96. The standard InChI is InChI=1S/C12H8ClFO2S2/c13-9-5-7(1-3-10(9)14)17-6-8-2-4-11(18-8)12(15)16/h1-5H,6H2,(H,15,16). The molecule has 0 saturated carbocycles. The molecule has 0 radical (unpaired) electrons. The highest BCUT2D eigenvalue weighted by atomic mass is 35.5. The van der Waals surface area contributed by atoms with Crippen LogP contribution in [0.1, 0.15) is 14.5 Å².